The Hall–Kier alpha value is -2.68. The number of hydrogen-bond acceptors (Lipinski definition) is 11. The molecule has 0 aromatic rings. The van der Waals surface area contributed by atoms with Gasteiger partial charge in [-0.25, -0.2) is 14.4 Å². The van der Waals surface area contributed by atoms with Gasteiger partial charge in [0, 0.05) is 33.7 Å². The summed E-state index contributed by atoms with van der Waals surface area (Å²) in [5.74, 6) is -0.194. The minimum absolute atomic E-state index is 0.0275. The van der Waals surface area contributed by atoms with Gasteiger partial charge in [-0.15, -0.1) is 0 Å². The first-order chi connectivity index (χ1) is 19.1. The molecule has 0 spiro atoms. The molecule has 0 heterocycles. The second kappa shape index (κ2) is 24.1. The SMILES string of the molecule is COCCOCCOC(=O)NCCCCC(NC(=O)OCCOCCOC)C(=O)CCCNC(=O)OC(C)(C)C. The first-order valence-electron chi connectivity index (χ1n) is 13.6. The fraction of sp³-hybridized carbons (Fsp3) is 0.846. The summed E-state index contributed by atoms with van der Waals surface area (Å²) >= 11 is 0. The molecule has 0 radical (unpaired) electrons. The van der Waals surface area contributed by atoms with Crippen LogP contribution in [0.5, 0.6) is 0 Å². The van der Waals surface area contributed by atoms with Gasteiger partial charge in [-0.05, 0) is 46.5 Å². The minimum Gasteiger partial charge on any atom is -0.447 e. The molecular weight excluding hydrogens is 530 g/mol. The van der Waals surface area contributed by atoms with Gasteiger partial charge in [0.2, 0.25) is 0 Å². The fourth-order valence-corrected chi connectivity index (χ4v) is 3.03. The first-order valence-corrected chi connectivity index (χ1v) is 13.6. The Kier molecular flexibility index (Phi) is 22.5. The molecular formula is C26H49N3O11. The van der Waals surface area contributed by atoms with Crippen LogP contribution in [-0.4, -0.2) is 116 Å². The van der Waals surface area contributed by atoms with Crippen molar-refractivity contribution in [3.63, 3.8) is 0 Å². The third-order valence-electron chi connectivity index (χ3n) is 4.92. The molecule has 0 fully saturated rings. The second-order valence-electron chi connectivity index (χ2n) is 9.60. The Bertz CT molecular complexity index is 702. The largest absolute Gasteiger partial charge is 0.447 e. The van der Waals surface area contributed by atoms with Crippen molar-refractivity contribution in [1.29, 1.82) is 0 Å². The predicted molar refractivity (Wildman–Crippen MR) is 145 cm³/mol. The third kappa shape index (κ3) is 24.4. The van der Waals surface area contributed by atoms with E-state index in [9.17, 15) is 19.2 Å². The van der Waals surface area contributed by atoms with E-state index in [4.69, 9.17) is 33.2 Å². The average Bonchev–Trinajstić information content (AvgIpc) is 2.88. The van der Waals surface area contributed by atoms with Crippen molar-refractivity contribution < 1.29 is 52.3 Å². The Morgan fingerprint density at radius 1 is 0.650 bits per heavy atom. The van der Waals surface area contributed by atoms with Crippen LogP contribution < -0.4 is 16.0 Å². The fourth-order valence-electron chi connectivity index (χ4n) is 3.03. The lowest BCUT2D eigenvalue weighted by Gasteiger charge is -2.20. The average molecular weight is 580 g/mol. The van der Waals surface area contributed by atoms with Crippen LogP contribution in [0.4, 0.5) is 14.4 Å². The lowest BCUT2D eigenvalue weighted by molar-refractivity contribution is -0.121. The van der Waals surface area contributed by atoms with Gasteiger partial charge in [0.15, 0.2) is 5.78 Å². The number of nitrogens with one attached hydrogen (secondary N) is 3. The van der Waals surface area contributed by atoms with Crippen molar-refractivity contribution in [3.05, 3.63) is 0 Å². The standard InChI is InChI=1S/C26H49N3O11/c1-26(2,3)40-24(32)28-12-8-10-22(30)21(29-25(33)39-20-18-37-16-14-35-5)9-6-7-11-27-23(31)38-19-17-36-15-13-34-4/h21H,6-20H2,1-5H3,(H,27,31)(H,28,32)(H,29,33). The molecule has 3 amide bonds. The topological polar surface area (TPSA) is 169 Å². The molecule has 0 rings (SSSR count). The molecule has 40 heavy (non-hydrogen) atoms. The van der Waals surface area contributed by atoms with E-state index in [1.165, 1.54) is 0 Å². The lowest BCUT2D eigenvalue weighted by Crippen LogP contribution is -2.42. The summed E-state index contributed by atoms with van der Waals surface area (Å²) in [7, 11) is 3.13. The Morgan fingerprint density at radius 3 is 1.75 bits per heavy atom. The van der Waals surface area contributed by atoms with E-state index >= 15 is 0 Å². The number of alkyl carbamates (subject to hydrolysis) is 3. The van der Waals surface area contributed by atoms with Crippen LogP contribution in [0.15, 0.2) is 0 Å². The molecule has 0 aliphatic heterocycles. The number of methoxy groups -OCH3 is 2. The molecule has 1 atom stereocenters. The summed E-state index contributed by atoms with van der Waals surface area (Å²) in [5.41, 5.74) is -0.617. The number of rotatable bonds is 23. The summed E-state index contributed by atoms with van der Waals surface area (Å²) < 4.78 is 35.5. The monoisotopic (exact) mass is 579 g/mol. The summed E-state index contributed by atoms with van der Waals surface area (Å²) in [6.45, 7) is 8.20. The zero-order chi connectivity index (χ0) is 30.1. The number of Topliss-reactive ketones (excluding diaryl/α,β-unsaturated/α-hetero) is 1. The molecule has 14 nitrogen and oxygen atoms in total. The van der Waals surface area contributed by atoms with Crippen LogP contribution in [0.2, 0.25) is 0 Å². The van der Waals surface area contributed by atoms with Gasteiger partial charge in [0.1, 0.15) is 18.8 Å². The highest BCUT2D eigenvalue weighted by atomic mass is 16.6. The molecule has 234 valence electrons. The Morgan fingerprint density at radius 2 is 1.18 bits per heavy atom. The number of hydrogen-bond donors (Lipinski definition) is 3. The molecule has 0 saturated carbocycles. The molecule has 0 bridgehead atoms. The molecule has 0 aromatic heterocycles. The van der Waals surface area contributed by atoms with E-state index in [2.05, 4.69) is 16.0 Å². The zero-order valence-corrected chi connectivity index (χ0v) is 24.7. The highest BCUT2D eigenvalue weighted by Crippen LogP contribution is 2.08. The molecule has 3 N–H and O–H groups in total. The van der Waals surface area contributed by atoms with Crippen LogP contribution in [0, 0.1) is 0 Å². The van der Waals surface area contributed by atoms with Crippen LogP contribution in [-0.2, 0) is 38.0 Å². The van der Waals surface area contributed by atoms with Crippen molar-refractivity contribution in [2.24, 2.45) is 0 Å². The van der Waals surface area contributed by atoms with E-state index in [1.54, 1.807) is 35.0 Å². The molecule has 0 saturated heterocycles. The number of carbonyl (C=O) groups is 4. The Labute approximate surface area is 237 Å². The third-order valence-corrected chi connectivity index (χ3v) is 4.92. The highest BCUT2D eigenvalue weighted by Gasteiger charge is 2.21. The van der Waals surface area contributed by atoms with Gasteiger partial charge in [0.05, 0.1) is 45.7 Å². The number of ketones is 1. The maximum Gasteiger partial charge on any atom is 0.407 e. The first kappa shape index (κ1) is 37.3. The smallest absolute Gasteiger partial charge is 0.407 e. The number of amides is 3. The van der Waals surface area contributed by atoms with Crippen molar-refractivity contribution in [1.82, 2.24) is 16.0 Å². The lowest BCUT2D eigenvalue weighted by atomic mass is 10.0. The van der Waals surface area contributed by atoms with E-state index < -0.39 is 29.9 Å². The van der Waals surface area contributed by atoms with Gasteiger partial charge >= 0.3 is 18.3 Å². The van der Waals surface area contributed by atoms with Crippen LogP contribution in [0.3, 0.4) is 0 Å². The quantitative estimate of drug-likeness (QED) is 0.120. The molecule has 14 heteroatoms. The second-order valence-corrected chi connectivity index (χ2v) is 9.60. The maximum atomic E-state index is 12.8. The van der Waals surface area contributed by atoms with Gasteiger partial charge < -0.3 is 49.1 Å². The van der Waals surface area contributed by atoms with Gasteiger partial charge in [-0.3, -0.25) is 4.79 Å². The van der Waals surface area contributed by atoms with Crippen LogP contribution in [0.1, 0.15) is 52.9 Å². The molecule has 0 aliphatic carbocycles. The van der Waals surface area contributed by atoms with Crippen molar-refractivity contribution in [3.8, 4) is 0 Å². The van der Waals surface area contributed by atoms with Gasteiger partial charge in [-0.1, -0.05) is 0 Å². The van der Waals surface area contributed by atoms with Crippen molar-refractivity contribution in [2.75, 3.05) is 80.2 Å². The maximum absolute atomic E-state index is 12.8. The van der Waals surface area contributed by atoms with Crippen LogP contribution in [0.25, 0.3) is 0 Å². The number of carbonyl (C=O) groups excluding carboxylic acids is 4. The van der Waals surface area contributed by atoms with Gasteiger partial charge in [0.25, 0.3) is 0 Å². The van der Waals surface area contributed by atoms with Crippen LogP contribution >= 0.6 is 0 Å². The summed E-state index contributed by atoms with van der Waals surface area (Å²) in [4.78, 5) is 48.6. The predicted octanol–water partition coefficient (Wildman–Crippen LogP) is 2.18. The Balaban J connectivity index is 4.46. The van der Waals surface area contributed by atoms with E-state index in [1.807, 2.05) is 0 Å². The number of ether oxygens (including phenoxy) is 7. The normalized spacial score (nSPS) is 11.8. The molecule has 0 aliphatic rings. The summed E-state index contributed by atoms with van der Waals surface area (Å²) in [6.07, 6.45) is 0.127. The number of unbranched alkanes of at least 4 members (excludes halogenated alkanes) is 1. The van der Waals surface area contributed by atoms with E-state index in [-0.39, 0.29) is 45.2 Å². The van der Waals surface area contributed by atoms with Crippen molar-refractivity contribution in [2.45, 2.75) is 64.5 Å². The summed E-state index contributed by atoms with van der Waals surface area (Å²) in [5, 5.41) is 7.85. The van der Waals surface area contributed by atoms with Crippen molar-refractivity contribution >= 4 is 24.1 Å². The summed E-state index contributed by atoms with van der Waals surface area (Å²) in [6, 6.07) is -0.778. The highest BCUT2D eigenvalue weighted by molar-refractivity contribution is 5.87. The van der Waals surface area contributed by atoms with Gasteiger partial charge in [-0.2, -0.15) is 0 Å². The zero-order valence-electron chi connectivity index (χ0n) is 24.7. The molecule has 0 aromatic carbocycles. The van der Waals surface area contributed by atoms with E-state index in [0.29, 0.717) is 58.7 Å². The van der Waals surface area contributed by atoms with E-state index in [0.717, 1.165) is 0 Å². The minimum atomic E-state index is -0.778. The molecule has 1 unspecified atom stereocenters.